The van der Waals surface area contributed by atoms with Gasteiger partial charge in [-0.05, 0) is 40.5 Å². The van der Waals surface area contributed by atoms with E-state index in [9.17, 15) is 4.21 Å². The second kappa shape index (κ2) is 6.62. The van der Waals surface area contributed by atoms with Gasteiger partial charge in [0.15, 0.2) is 0 Å². The molecule has 2 rings (SSSR count). The fraction of sp³-hybridized carbons (Fsp3) is 0.357. The Morgan fingerprint density at radius 3 is 2.76 bits per heavy atom. The van der Waals surface area contributed by atoms with Crippen molar-refractivity contribution in [3.05, 3.63) is 34.1 Å². The highest BCUT2D eigenvalue weighted by molar-refractivity contribution is 9.10. The smallest absolute Gasteiger partial charge is 0.120 e. The molecular weight excluding hydrogens is 354 g/mol. The Kier molecular flexibility index (Phi) is 5.05. The van der Waals surface area contributed by atoms with Crippen molar-refractivity contribution in [2.24, 2.45) is 7.05 Å². The highest BCUT2D eigenvalue weighted by Gasteiger charge is 2.17. The van der Waals surface area contributed by atoms with Gasteiger partial charge in [-0.2, -0.15) is 5.10 Å². The van der Waals surface area contributed by atoms with Crippen LogP contribution in [0.2, 0.25) is 0 Å². The van der Waals surface area contributed by atoms with Gasteiger partial charge in [0.05, 0.1) is 44.4 Å². The first-order valence-corrected chi connectivity index (χ1v) is 8.61. The maximum Gasteiger partial charge on any atom is 0.120 e. The maximum atomic E-state index is 12.6. The molecule has 0 aliphatic carbocycles. The number of aromatic nitrogens is 2. The summed E-state index contributed by atoms with van der Waals surface area (Å²) in [5, 5.41) is 4.41. The number of nitrogens with zero attached hydrogens (tertiary/aromatic N) is 2. The van der Waals surface area contributed by atoms with E-state index >= 15 is 0 Å². The molecule has 0 saturated heterocycles. The van der Waals surface area contributed by atoms with Crippen LogP contribution in [-0.2, 0) is 30.0 Å². The number of ether oxygens (including phenoxy) is 1. The lowest BCUT2D eigenvalue weighted by atomic mass is 10.3. The SMILES string of the molecule is CCc1nn(C)c(CS(=O)c2cc(OC)ccc2N)c1Br. The average molecular weight is 372 g/mol. The Labute approximate surface area is 135 Å². The number of halogens is 1. The summed E-state index contributed by atoms with van der Waals surface area (Å²) < 4.78 is 20.5. The third kappa shape index (κ3) is 3.29. The molecule has 0 bridgehead atoms. The molecule has 0 saturated carbocycles. The van der Waals surface area contributed by atoms with Crippen LogP contribution in [0.1, 0.15) is 18.3 Å². The zero-order valence-corrected chi connectivity index (χ0v) is 14.6. The van der Waals surface area contributed by atoms with Crippen molar-refractivity contribution in [3.63, 3.8) is 0 Å². The molecule has 21 heavy (non-hydrogen) atoms. The number of nitrogens with two attached hydrogens (primary N) is 1. The van der Waals surface area contributed by atoms with Crippen LogP contribution < -0.4 is 10.5 Å². The maximum absolute atomic E-state index is 12.6. The standard InChI is InChI=1S/C14H18BrN3O2S/c1-4-11-14(15)12(18(2)17-11)8-21(19)13-7-9(20-3)5-6-10(13)16/h5-7H,4,8,16H2,1-3H3. The van der Waals surface area contributed by atoms with E-state index in [1.54, 1.807) is 30.0 Å². The van der Waals surface area contributed by atoms with Gasteiger partial charge in [0, 0.05) is 12.7 Å². The molecule has 2 N–H and O–H groups in total. The molecule has 0 radical (unpaired) electrons. The summed E-state index contributed by atoms with van der Waals surface area (Å²) in [6, 6.07) is 5.18. The lowest BCUT2D eigenvalue weighted by molar-refractivity contribution is 0.413. The number of hydrogen-bond acceptors (Lipinski definition) is 4. The second-order valence-corrected chi connectivity index (χ2v) is 6.79. The molecule has 2 aromatic rings. The topological polar surface area (TPSA) is 70.1 Å². The highest BCUT2D eigenvalue weighted by atomic mass is 79.9. The summed E-state index contributed by atoms with van der Waals surface area (Å²) in [5.41, 5.74) is 8.28. The van der Waals surface area contributed by atoms with Crippen LogP contribution in [-0.4, -0.2) is 21.1 Å². The number of methoxy groups -OCH3 is 1. The molecule has 0 fully saturated rings. The molecular formula is C14H18BrN3O2S. The molecule has 1 atom stereocenters. The summed E-state index contributed by atoms with van der Waals surface area (Å²) in [7, 11) is 2.16. The minimum Gasteiger partial charge on any atom is -0.497 e. The van der Waals surface area contributed by atoms with Crippen molar-refractivity contribution >= 4 is 32.4 Å². The summed E-state index contributed by atoms with van der Waals surface area (Å²) in [4.78, 5) is 0.584. The van der Waals surface area contributed by atoms with E-state index < -0.39 is 10.8 Å². The van der Waals surface area contributed by atoms with Gasteiger partial charge in [0.1, 0.15) is 5.75 Å². The van der Waals surface area contributed by atoms with Crippen molar-refractivity contribution in [2.75, 3.05) is 12.8 Å². The molecule has 0 amide bonds. The van der Waals surface area contributed by atoms with Crippen LogP contribution in [0.25, 0.3) is 0 Å². The Bertz CT molecular complexity index is 685. The molecule has 1 unspecified atom stereocenters. The Morgan fingerprint density at radius 1 is 1.48 bits per heavy atom. The van der Waals surface area contributed by atoms with Gasteiger partial charge in [0.2, 0.25) is 0 Å². The van der Waals surface area contributed by atoms with Gasteiger partial charge < -0.3 is 10.5 Å². The zero-order chi connectivity index (χ0) is 15.6. The molecule has 1 heterocycles. The summed E-state index contributed by atoms with van der Waals surface area (Å²) in [5.74, 6) is 0.993. The Balaban J connectivity index is 2.32. The third-order valence-electron chi connectivity index (χ3n) is 3.24. The first kappa shape index (κ1) is 16.0. The lowest BCUT2D eigenvalue weighted by Crippen LogP contribution is -2.06. The van der Waals surface area contributed by atoms with E-state index in [2.05, 4.69) is 21.0 Å². The monoisotopic (exact) mass is 371 g/mol. The Hall–Kier alpha value is -1.34. The number of anilines is 1. The predicted octanol–water partition coefficient (Wildman–Crippen LogP) is 2.64. The highest BCUT2D eigenvalue weighted by Crippen LogP contribution is 2.28. The van der Waals surface area contributed by atoms with Gasteiger partial charge in [-0.15, -0.1) is 0 Å². The minimum atomic E-state index is -1.26. The molecule has 0 spiro atoms. The van der Waals surface area contributed by atoms with Gasteiger partial charge in [-0.3, -0.25) is 8.89 Å². The van der Waals surface area contributed by atoms with Gasteiger partial charge in [-0.25, -0.2) is 0 Å². The largest absolute Gasteiger partial charge is 0.497 e. The van der Waals surface area contributed by atoms with Crippen LogP contribution in [0.3, 0.4) is 0 Å². The van der Waals surface area contributed by atoms with E-state index in [0.717, 1.165) is 22.3 Å². The van der Waals surface area contributed by atoms with Crippen LogP contribution in [0.4, 0.5) is 5.69 Å². The number of hydrogen-bond donors (Lipinski definition) is 1. The fourth-order valence-electron chi connectivity index (χ4n) is 2.02. The quantitative estimate of drug-likeness (QED) is 0.820. The van der Waals surface area contributed by atoms with Crippen LogP contribution in [0.5, 0.6) is 5.75 Å². The second-order valence-electron chi connectivity index (χ2n) is 4.58. The zero-order valence-electron chi connectivity index (χ0n) is 12.2. The van der Waals surface area contributed by atoms with E-state index in [1.807, 2.05) is 14.0 Å². The summed E-state index contributed by atoms with van der Waals surface area (Å²) >= 11 is 3.54. The Morgan fingerprint density at radius 2 is 2.19 bits per heavy atom. The van der Waals surface area contributed by atoms with Gasteiger partial charge >= 0.3 is 0 Å². The van der Waals surface area contributed by atoms with E-state index in [1.165, 1.54) is 0 Å². The van der Waals surface area contributed by atoms with E-state index in [0.29, 0.717) is 22.1 Å². The normalized spacial score (nSPS) is 12.4. The number of nitrogen functional groups attached to an aromatic ring is 1. The molecule has 0 aliphatic heterocycles. The van der Waals surface area contributed by atoms with Crippen molar-refractivity contribution < 1.29 is 8.95 Å². The minimum absolute atomic E-state index is 0.349. The van der Waals surface area contributed by atoms with Crippen molar-refractivity contribution in [2.45, 2.75) is 24.0 Å². The number of aryl methyl sites for hydroxylation is 2. The van der Waals surface area contributed by atoms with Crippen LogP contribution in [0, 0.1) is 0 Å². The van der Waals surface area contributed by atoms with E-state index in [4.69, 9.17) is 10.5 Å². The van der Waals surface area contributed by atoms with Gasteiger partial charge in [0.25, 0.3) is 0 Å². The summed E-state index contributed by atoms with van der Waals surface area (Å²) in [6.07, 6.45) is 0.822. The van der Waals surface area contributed by atoms with Crippen molar-refractivity contribution in [3.8, 4) is 5.75 Å². The van der Waals surface area contributed by atoms with E-state index in [-0.39, 0.29) is 0 Å². The molecule has 114 valence electrons. The van der Waals surface area contributed by atoms with Crippen LogP contribution >= 0.6 is 15.9 Å². The molecule has 1 aromatic carbocycles. The van der Waals surface area contributed by atoms with Crippen molar-refractivity contribution in [1.82, 2.24) is 9.78 Å². The molecule has 5 nitrogen and oxygen atoms in total. The summed E-state index contributed by atoms with van der Waals surface area (Å²) in [6.45, 7) is 2.04. The van der Waals surface area contributed by atoms with Crippen LogP contribution in [0.15, 0.2) is 27.6 Å². The third-order valence-corrected chi connectivity index (χ3v) is 5.53. The lowest BCUT2D eigenvalue weighted by Gasteiger charge is -2.09. The molecule has 1 aromatic heterocycles. The number of benzene rings is 1. The first-order chi connectivity index (χ1) is 9.97. The molecule has 7 heteroatoms. The fourth-order valence-corrected chi connectivity index (χ4v) is 4.27. The predicted molar refractivity (Wildman–Crippen MR) is 87.8 cm³/mol. The molecule has 0 aliphatic rings. The average Bonchev–Trinajstić information content (AvgIpc) is 2.75. The number of rotatable bonds is 5. The first-order valence-electron chi connectivity index (χ1n) is 6.50. The van der Waals surface area contributed by atoms with Gasteiger partial charge in [-0.1, -0.05) is 6.92 Å². The van der Waals surface area contributed by atoms with Crippen molar-refractivity contribution in [1.29, 1.82) is 0 Å².